The van der Waals surface area contributed by atoms with Gasteiger partial charge in [0.05, 0.1) is 6.54 Å². The lowest BCUT2D eigenvalue weighted by Crippen LogP contribution is -1.95. The molecule has 0 bridgehead atoms. The fraction of sp³-hybridized carbons (Fsp3) is 0.176. The van der Waals surface area contributed by atoms with Gasteiger partial charge in [0.25, 0.3) is 0 Å². The first-order chi connectivity index (χ1) is 9.28. The fourth-order valence-corrected chi connectivity index (χ4v) is 1.64. The maximum absolute atomic E-state index is 5.72. The van der Waals surface area contributed by atoms with Crippen LogP contribution in [0.5, 0.6) is 5.75 Å². The smallest absolute Gasteiger partial charge is 0.119 e. The quantitative estimate of drug-likeness (QED) is 0.851. The molecule has 2 rings (SSSR count). The fourth-order valence-electron chi connectivity index (χ4n) is 1.64. The predicted octanol–water partition coefficient (Wildman–Crippen LogP) is 2.88. The Balaban J connectivity index is 1.94. The zero-order chi connectivity index (χ0) is 13.5. The van der Waals surface area contributed by atoms with Crippen molar-refractivity contribution in [2.45, 2.75) is 13.5 Å². The van der Waals surface area contributed by atoms with Crippen molar-refractivity contribution in [1.29, 1.82) is 0 Å². The maximum Gasteiger partial charge on any atom is 0.119 e. The number of ether oxygens (including phenoxy) is 1. The maximum atomic E-state index is 5.72. The minimum Gasteiger partial charge on any atom is -0.489 e. The highest BCUT2D eigenvalue weighted by Crippen LogP contribution is 2.14. The first-order valence-electron chi connectivity index (χ1n) is 6.25. The van der Waals surface area contributed by atoms with E-state index in [9.17, 15) is 0 Å². The summed E-state index contributed by atoms with van der Waals surface area (Å²) in [6.45, 7) is 3.03. The van der Waals surface area contributed by atoms with Crippen molar-refractivity contribution in [1.82, 2.24) is 0 Å². The van der Waals surface area contributed by atoms with Gasteiger partial charge in [-0.1, -0.05) is 41.7 Å². The standard InChI is InChI=1S/C17H17NO/c1-14-4-6-16(7-5-14)13-19-17-10-8-15(9-11-17)3-2-12-18/h4-11H,12-13,18H2,1H3. The van der Waals surface area contributed by atoms with E-state index in [1.807, 2.05) is 24.3 Å². The second-order valence-corrected chi connectivity index (χ2v) is 4.30. The molecule has 0 aliphatic carbocycles. The minimum absolute atomic E-state index is 0.381. The Labute approximate surface area is 114 Å². The van der Waals surface area contributed by atoms with Crippen LogP contribution in [0.4, 0.5) is 0 Å². The van der Waals surface area contributed by atoms with E-state index in [1.54, 1.807) is 0 Å². The van der Waals surface area contributed by atoms with E-state index in [-0.39, 0.29) is 0 Å². The normalized spacial score (nSPS) is 9.58. The van der Waals surface area contributed by atoms with Gasteiger partial charge in [-0.05, 0) is 36.8 Å². The Morgan fingerprint density at radius 3 is 2.32 bits per heavy atom. The molecule has 0 heterocycles. The Bertz CT molecular complexity index is 573. The van der Waals surface area contributed by atoms with Gasteiger partial charge in [0.1, 0.15) is 12.4 Å². The van der Waals surface area contributed by atoms with Crippen molar-refractivity contribution >= 4 is 0 Å². The summed E-state index contributed by atoms with van der Waals surface area (Å²) < 4.78 is 5.72. The van der Waals surface area contributed by atoms with Crippen LogP contribution < -0.4 is 10.5 Å². The van der Waals surface area contributed by atoms with Crippen LogP contribution in [0.15, 0.2) is 48.5 Å². The number of nitrogens with two attached hydrogens (primary N) is 1. The van der Waals surface area contributed by atoms with Crippen molar-refractivity contribution < 1.29 is 4.74 Å². The Hall–Kier alpha value is -2.24. The first kappa shape index (κ1) is 13.2. The van der Waals surface area contributed by atoms with Crippen LogP contribution in [0.3, 0.4) is 0 Å². The predicted molar refractivity (Wildman–Crippen MR) is 77.9 cm³/mol. The van der Waals surface area contributed by atoms with E-state index in [2.05, 4.69) is 43.0 Å². The summed E-state index contributed by atoms with van der Waals surface area (Å²) in [4.78, 5) is 0. The molecule has 19 heavy (non-hydrogen) atoms. The highest BCUT2D eigenvalue weighted by molar-refractivity contribution is 5.38. The van der Waals surface area contributed by atoms with E-state index in [1.165, 1.54) is 5.56 Å². The van der Waals surface area contributed by atoms with Crippen LogP contribution in [0.1, 0.15) is 16.7 Å². The summed E-state index contributed by atoms with van der Waals surface area (Å²) in [5.41, 5.74) is 8.70. The molecule has 0 fully saturated rings. The zero-order valence-electron chi connectivity index (χ0n) is 11.0. The Morgan fingerprint density at radius 1 is 1.00 bits per heavy atom. The molecule has 0 aliphatic rings. The molecule has 2 nitrogen and oxygen atoms in total. The molecule has 0 amide bonds. The second-order valence-electron chi connectivity index (χ2n) is 4.30. The van der Waals surface area contributed by atoms with Crippen molar-refractivity contribution in [3.05, 3.63) is 65.2 Å². The third kappa shape index (κ3) is 4.17. The highest BCUT2D eigenvalue weighted by Gasteiger charge is 1.96. The van der Waals surface area contributed by atoms with Gasteiger partial charge < -0.3 is 10.5 Å². The molecule has 0 unspecified atom stereocenters. The molecule has 0 radical (unpaired) electrons. The molecule has 2 N–H and O–H groups in total. The van der Waals surface area contributed by atoms with Crippen LogP contribution >= 0.6 is 0 Å². The molecule has 0 saturated heterocycles. The molecule has 0 aromatic heterocycles. The largest absolute Gasteiger partial charge is 0.489 e. The molecular weight excluding hydrogens is 234 g/mol. The molecule has 2 aromatic rings. The molecule has 0 atom stereocenters. The average molecular weight is 251 g/mol. The molecule has 96 valence electrons. The van der Waals surface area contributed by atoms with Crippen LogP contribution in [0.25, 0.3) is 0 Å². The van der Waals surface area contributed by atoms with Crippen molar-refractivity contribution in [3.63, 3.8) is 0 Å². The van der Waals surface area contributed by atoms with Crippen molar-refractivity contribution in [3.8, 4) is 17.6 Å². The molecule has 0 aliphatic heterocycles. The number of hydrogen-bond donors (Lipinski definition) is 1. The number of hydrogen-bond acceptors (Lipinski definition) is 2. The van der Waals surface area contributed by atoms with Gasteiger partial charge in [-0.15, -0.1) is 0 Å². The van der Waals surface area contributed by atoms with E-state index in [0.717, 1.165) is 16.9 Å². The topological polar surface area (TPSA) is 35.2 Å². The Morgan fingerprint density at radius 2 is 1.68 bits per heavy atom. The van der Waals surface area contributed by atoms with Gasteiger partial charge in [0, 0.05) is 5.56 Å². The lowest BCUT2D eigenvalue weighted by molar-refractivity contribution is 0.306. The summed E-state index contributed by atoms with van der Waals surface area (Å²) in [5.74, 6) is 6.65. The van der Waals surface area contributed by atoms with E-state index >= 15 is 0 Å². The van der Waals surface area contributed by atoms with Crippen LogP contribution in [0, 0.1) is 18.8 Å². The van der Waals surface area contributed by atoms with Gasteiger partial charge in [0.15, 0.2) is 0 Å². The summed E-state index contributed by atoms with van der Waals surface area (Å²) in [6, 6.07) is 16.1. The first-order valence-corrected chi connectivity index (χ1v) is 6.25. The summed E-state index contributed by atoms with van der Waals surface area (Å²) >= 11 is 0. The minimum atomic E-state index is 0.381. The molecule has 2 heteroatoms. The van der Waals surface area contributed by atoms with E-state index in [4.69, 9.17) is 10.5 Å². The molecule has 2 aromatic carbocycles. The SMILES string of the molecule is Cc1ccc(COc2ccc(C#CCN)cc2)cc1. The van der Waals surface area contributed by atoms with E-state index < -0.39 is 0 Å². The van der Waals surface area contributed by atoms with Gasteiger partial charge in [-0.2, -0.15) is 0 Å². The average Bonchev–Trinajstić information content (AvgIpc) is 2.46. The molecule has 0 saturated carbocycles. The van der Waals surface area contributed by atoms with Gasteiger partial charge in [-0.3, -0.25) is 0 Å². The zero-order valence-corrected chi connectivity index (χ0v) is 11.0. The number of benzene rings is 2. The molecular formula is C17H17NO. The monoisotopic (exact) mass is 251 g/mol. The lowest BCUT2D eigenvalue weighted by atomic mass is 10.2. The second kappa shape index (κ2) is 6.63. The van der Waals surface area contributed by atoms with Gasteiger partial charge in [0.2, 0.25) is 0 Å². The van der Waals surface area contributed by atoms with Gasteiger partial charge >= 0.3 is 0 Å². The van der Waals surface area contributed by atoms with Crippen molar-refractivity contribution in [2.24, 2.45) is 5.73 Å². The van der Waals surface area contributed by atoms with Crippen molar-refractivity contribution in [2.75, 3.05) is 6.54 Å². The number of aryl methyl sites for hydroxylation is 1. The van der Waals surface area contributed by atoms with Crippen LogP contribution in [-0.4, -0.2) is 6.54 Å². The van der Waals surface area contributed by atoms with Crippen LogP contribution in [-0.2, 0) is 6.61 Å². The lowest BCUT2D eigenvalue weighted by Gasteiger charge is -2.06. The summed E-state index contributed by atoms with van der Waals surface area (Å²) in [7, 11) is 0. The summed E-state index contributed by atoms with van der Waals surface area (Å²) in [5, 5.41) is 0. The van der Waals surface area contributed by atoms with Crippen LogP contribution in [0.2, 0.25) is 0 Å². The highest BCUT2D eigenvalue weighted by atomic mass is 16.5. The third-order valence-electron chi connectivity index (χ3n) is 2.72. The number of rotatable bonds is 3. The summed E-state index contributed by atoms with van der Waals surface area (Å²) in [6.07, 6.45) is 0. The van der Waals surface area contributed by atoms with E-state index in [0.29, 0.717) is 13.2 Å². The molecule has 0 spiro atoms. The third-order valence-corrected chi connectivity index (χ3v) is 2.72. The Kier molecular flexibility index (Phi) is 4.60. The van der Waals surface area contributed by atoms with Gasteiger partial charge in [-0.25, -0.2) is 0 Å².